The van der Waals surface area contributed by atoms with E-state index in [0.717, 1.165) is 32.4 Å². The predicted molar refractivity (Wildman–Crippen MR) is 135 cm³/mol. The lowest BCUT2D eigenvalue weighted by atomic mass is 10.0. The fraction of sp³-hybridized carbons (Fsp3) is 0.280. The molecular weight excluding hydrogens is 507 g/mol. The van der Waals surface area contributed by atoms with Crippen molar-refractivity contribution in [2.45, 2.75) is 25.7 Å². The summed E-state index contributed by atoms with van der Waals surface area (Å²) < 4.78 is 5.95. The van der Waals surface area contributed by atoms with Crippen molar-refractivity contribution >= 4 is 29.1 Å². The first-order valence-corrected chi connectivity index (χ1v) is 12.0. The molecular formula is C25H22Cl2N4O5. The van der Waals surface area contributed by atoms with Gasteiger partial charge in [-0.2, -0.15) is 0 Å². The van der Waals surface area contributed by atoms with Gasteiger partial charge in [0, 0.05) is 41.2 Å². The van der Waals surface area contributed by atoms with E-state index in [0.29, 0.717) is 38.2 Å². The van der Waals surface area contributed by atoms with E-state index in [9.17, 15) is 14.9 Å². The molecule has 0 unspecified atom stereocenters. The molecule has 1 fully saturated rings. The summed E-state index contributed by atoms with van der Waals surface area (Å²) in [5.74, 6) is 5.58. The Balaban J connectivity index is 1.61. The van der Waals surface area contributed by atoms with Crippen molar-refractivity contribution < 1.29 is 19.1 Å². The van der Waals surface area contributed by atoms with E-state index in [-0.39, 0.29) is 18.9 Å². The second-order valence-electron chi connectivity index (χ2n) is 8.00. The predicted octanol–water partition coefficient (Wildman–Crippen LogP) is 5.40. The number of hydrogen-bond donors (Lipinski definition) is 1. The smallest absolute Gasteiger partial charge is 0.321 e. The highest BCUT2D eigenvalue weighted by molar-refractivity contribution is 6.36. The zero-order chi connectivity index (χ0) is 25.5. The van der Waals surface area contributed by atoms with Gasteiger partial charge in [-0.1, -0.05) is 53.6 Å². The van der Waals surface area contributed by atoms with Crippen LogP contribution < -0.4 is 5.43 Å². The molecule has 2 heterocycles. The number of nitrogens with zero attached hydrogens (tertiary/aromatic N) is 3. The van der Waals surface area contributed by atoms with Crippen molar-refractivity contribution in [3.05, 3.63) is 74.1 Å². The number of aromatic nitrogens is 1. The van der Waals surface area contributed by atoms with Crippen LogP contribution in [-0.2, 0) is 4.84 Å². The number of carbonyl (C=O) groups is 1. The SMILES string of the molecule is O=C(NN1CCCCC1)c1nc(-c2ccc(C#CCCO[N+](=O)[O-])cc2)c(-c2ccc(Cl)cc2Cl)o1. The minimum absolute atomic E-state index is 0.0775. The second-order valence-corrected chi connectivity index (χ2v) is 8.84. The summed E-state index contributed by atoms with van der Waals surface area (Å²) in [6.45, 7) is 1.45. The van der Waals surface area contributed by atoms with Gasteiger partial charge in [0.1, 0.15) is 12.3 Å². The summed E-state index contributed by atoms with van der Waals surface area (Å²) in [7, 11) is 0. The highest BCUT2D eigenvalue weighted by Gasteiger charge is 2.24. The van der Waals surface area contributed by atoms with Gasteiger partial charge in [-0.25, -0.2) is 9.99 Å². The van der Waals surface area contributed by atoms with Crippen molar-refractivity contribution in [1.82, 2.24) is 15.4 Å². The van der Waals surface area contributed by atoms with E-state index in [1.807, 2.05) is 5.01 Å². The summed E-state index contributed by atoms with van der Waals surface area (Å²) in [5.41, 5.74) is 5.26. The zero-order valence-corrected chi connectivity index (χ0v) is 20.6. The van der Waals surface area contributed by atoms with Crippen molar-refractivity contribution in [2.75, 3.05) is 19.7 Å². The molecule has 1 N–H and O–H groups in total. The van der Waals surface area contributed by atoms with Gasteiger partial charge < -0.3 is 9.25 Å². The molecule has 0 saturated carbocycles. The van der Waals surface area contributed by atoms with E-state index in [4.69, 9.17) is 27.6 Å². The normalized spacial score (nSPS) is 13.5. The highest BCUT2D eigenvalue weighted by Crippen LogP contribution is 2.37. The highest BCUT2D eigenvalue weighted by atomic mass is 35.5. The molecule has 1 aliphatic heterocycles. The number of nitrogens with one attached hydrogen (secondary N) is 1. The van der Waals surface area contributed by atoms with Crippen LogP contribution in [0, 0.1) is 22.0 Å². The lowest BCUT2D eigenvalue weighted by molar-refractivity contribution is -0.757. The fourth-order valence-corrected chi connectivity index (χ4v) is 4.21. The number of hydrogen-bond acceptors (Lipinski definition) is 7. The largest absolute Gasteiger partial charge is 0.432 e. The first-order chi connectivity index (χ1) is 17.4. The van der Waals surface area contributed by atoms with Crippen LogP contribution in [0.5, 0.6) is 0 Å². The van der Waals surface area contributed by atoms with Crippen molar-refractivity contribution in [2.24, 2.45) is 0 Å². The Morgan fingerprint density at radius 1 is 1.17 bits per heavy atom. The van der Waals surface area contributed by atoms with Gasteiger partial charge in [-0.15, -0.1) is 10.1 Å². The molecule has 186 valence electrons. The van der Waals surface area contributed by atoms with Crippen LogP contribution >= 0.6 is 23.2 Å². The molecule has 0 spiro atoms. The van der Waals surface area contributed by atoms with E-state index in [2.05, 4.69) is 27.1 Å². The van der Waals surface area contributed by atoms with Gasteiger partial charge in [0.15, 0.2) is 5.76 Å². The van der Waals surface area contributed by atoms with Crippen LogP contribution in [0.3, 0.4) is 0 Å². The number of oxazole rings is 1. The van der Waals surface area contributed by atoms with Gasteiger partial charge in [0.05, 0.1) is 5.02 Å². The average Bonchev–Trinajstić information content (AvgIpc) is 3.30. The lowest BCUT2D eigenvalue weighted by Crippen LogP contribution is -2.45. The van der Waals surface area contributed by atoms with Gasteiger partial charge in [0.2, 0.25) is 0 Å². The Bertz CT molecular complexity index is 1310. The maximum Gasteiger partial charge on any atom is 0.321 e. The molecule has 2 aromatic carbocycles. The van der Waals surface area contributed by atoms with Crippen molar-refractivity contribution in [1.29, 1.82) is 0 Å². The number of carbonyl (C=O) groups excluding carboxylic acids is 1. The molecule has 0 atom stereocenters. The summed E-state index contributed by atoms with van der Waals surface area (Å²) >= 11 is 12.5. The van der Waals surface area contributed by atoms with Crippen LogP contribution in [0.25, 0.3) is 22.6 Å². The first-order valence-electron chi connectivity index (χ1n) is 11.3. The number of halogens is 2. The topological polar surface area (TPSA) is 111 Å². The fourth-order valence-electron chi connectivity index (χ4n) is 3.71. The number of benzene rings is 2. The average molecular weight is 529 g/mol. The van der Waals surface area contributed by atoms with Crippen LogP contribution in [0.1, 0.15) is 41.9 Å². The molecule has 0 bridgehead atoms. The minimum atomic E-state index is -0.847. The molecule has 0 aliphatic carbocycles. The van der Waals surface area contributed by atoms with Gasteiger partial charge in [-0.05, 0) is 43.2 Å². The van der Waals surface area contributed by atoms with E-state index >= 15 is 0 Å². The van der Waals surface area contributed by atoms with Crippen LogP contribution in [0.2, 0.25) is 10.0 Å². The molecule has 11 heteroatoms. The summed E-state index contributed by atoms with van der Waals surface area (Å²) in [6.07, 6.45) is 3.39. The van der Waals surface area contributed by atoms with Gasteiger partial charge >= 0.3 is 5.91 Å². The van der Waals surface area contributed by atoms with E-state index < -0.39 is 11.0 Å². The van der Waals surface area contributed by atoms with E-state index in [1.54, 1.807) is 42.5 Å². The molecule has 3 aromatic rings. The molecule has 9 nitrogen and oxygen atoms in total. The van der Waals surface area contributed by atoms with E-state index in [1.165, 1.54) is 0 Å². The summed E-state index contributed by atoms with van der Waals surface area (Å²) in [5, 5.41) is 12.1. The third-order valence-corrected chi connectivity index (χ3v) is 5.98. The quantitative estimate of drug-likeness (QED) is 0.189. The van der Waals surface area contributed by atoms with Crippen molar-refractivity contribution in [3.8, 4) is 34.4 Å². The molecule has 1 aliphatic rings. The lowest BCUT2D eigenvalue weighted by Gasteiger charge is -2.25. The molecule has 36 heavy (non-hydrogen) atoms. The Hall–Kier alpha value is -3.58. The molecule has 1 aromatic heterocycles. The maximum atomic E-state index is 12.9. The standard InChI is InChI=1S/C25H22Cl2N4O5/c26-19-11-12-20(21(27)16-19)23-22(28-25(36-23)24(32)29-30-13-3-1-4-14-30)18-9-7-17(8-10-18)6-2-5-15-35-31(33)34/h7-12,16H,1,3-5,13-15H2,(H,29,32). The Morgan fingerprint density at radius 2 is 1.92 bits per heavy atom. The van der Waals surface area contributed by atoms with Crippen LogP contribution in [0.4, 0.5) is 0 Å². The Labute approximate surface area is 217 Å². The van der Waals surface area contributed by atoms with Crippen LogP contribution in [-0.4, -0.2) is 40.7 Å². The number of piperidine rings is 1. The van der Waals surface area contributed by atoms with Gasteiger partial charge in [-0.3, -0.25) is 10.2 Å². The Morgan fingerprint density at radius 3 is 2.61 bits per heavy atom. The third kappa shape index (κ3) is 6.55. The molecule has 4 rings (SSSR count). The van der Waals surface area contributed by atoms with Gasteiger partial charge in [0.25, 0.3) is 11.0 Å². The van der Waals surface area contributed by atoms with Crippen molar-refractivity contribution in [3.63, 3.8) is 0 Å². The molecule has 1 saturated heterocycles. The number of amides is 1. The number of hydrazine groups is 1. The summed E-state index contributed by atoms with van der Waals surface area (Å²) in [4.78, 5) is 31.9. The molecule has 0 radical (unpaired) electrons. The summed E-state index contributed by atoms with van der Waals surface area (Å²) in [6, 6.07) is 12.2. The third-order valence-electron chi connectivity index (χ3n) is 5.43. The number of rotatable bonds is 7. The molecule has 1 amide bonds. The van der Waals surface area contributed by atoms with Crippen LogP contribution in [0.15, 0.2) is 46.9 Å². The Kier molecular flexibility index (Phi) is 8.44. The maximum absolute atomic E-state index is 12.9. The first kappa shape index (κ1) is 25.5. The minimum Gasteiger partial charge on any atom is -0.432 e. The zero-order valence-electron chi connectivity index (χ0n) is 19.1. The second kappa shape index (κ2) is 11.9. The monoisotopic (exact) mass is 528 g/mol.